The summed E-state index contributed by atoms with van der Waals surface area (Å²) in [4.78, 5) is 37.6. The van der Waals surface area contributed by atoms with Crippen molar-refractivity contribution in [3.05, 3.63) is 35.6 Å². The second-order valence-electron chi connectivity index (χ2n) is 6.18. The summed E-state index contributed by atoms with van der Waals surface area (Å²) in [5.74, 6) is -1.65. The third kappa shape index (κ3) is 3.39. The Bertz CT molecular complexity index is 664. The predicted octanol–water partition coefficient (Wildman–Crippen LogP) is 1.90. The fraction of sp³-hybridized carbons (Fsp3) is 0.471. The van der Waals surface area contributed by atoms with E-state index in [-0.39, 0.29) is 18.2 Å². The standard InChI is InChI=1S/C17H22FN3O3/c1-4-7-11(2)19-14(22)10-21-15(23)17(3,20-16(21)24)12-8-5-6-9-13(12)18/h5-6,8-9,11H,4,7,10H2,1-3H3,(H,19,22)(H,20,24). The molecule has 1 saturated heterocycles. The summed E-state index contributed by atoms with van der Waals surface area (Å²) < 4.78 is 14.0. The molecule has 2 atom stereocenters. The number of nitrogens with one attached hydrogen (secondary N) is 2. The van der Waals surface area contributed by atoms with Gasteiger partial charge in [0.2, 0.25) is 5.91 Å². The average Bonchev–Trinajstić information content (AvgIpc) is 2.72. The highest BCUT2D eigenvalue weighted by atomic mass is 19.1. The smallest absolute Gasteiger partial charge is 0.325 e. The van der Waals surface area contributed by atoms with Gasteiger partial charge in [0.05, 0.1) is 0 Å². The molecule has 0 spiro atoms. The molecule has 0 radical (unpaired) electrons. The normalized spacial score (nSPS) is 21.6. The van der Waals surface area contributed by atoms with Gasteiger partial charge in [0.15, 0.2) is 0 Å². The summed E-state index contributed by atoms with van der Waals surface area (Å²) in [6.07, 6.45) is 1.72. The maximum absolute atomic E-state index is 14.0. The van der Waals surface area contributed by atoms with Gasteiger partial charge in [-0.15, -0.1) is 0 Å². The molecule has 24 heavy (non-hydrogen) atoms. The first-order chi connectivity index (χ1) is 11.3. The third-order valence-corrected chi connectivity index (χ3v) is 4.12. The maximum Gasteiger partial charge on any atom is 0.325 e. The minimum Gasteiger partial charge on any atom is -0.352 e. The number of hydrogen-bond donors (Lipinski definition) is 2. The van der Waals surface area contributed by atoms with Crippen molar-refractivity contribution in [1.29, 1.82) is 0 Å². The fourth-order valence-electron chi connectivity index (χ4n) is 2.86. The Labute approximate surface area is 140 Å². The van der Waals surface area contributed by atoms with E-state index in [0.29, 0.717) is 0 Å². The summed E-state index contributed by atoms with van der Waals surface area (Å²) in [7, 11) is 0. The predicted molar refractivity (Wildman–Crippen MR) is 86.5 cm³/mol. The quantitative estimate of drug-likeness (QED) is 0.779. The number of nitrogens with zero attached hydrogens (tertiary/aromatic N) is 1. The van der Waals surface area contributed by atoms with Gasteiger partial charge < -0.3 is 10.6 Å². The SMILES string of the molecule is CCCC(C)NC(=O)CN1C(=O)NC(C)(c2ccccc2F)C1=O. The van der Waals surface area contributed by atoms with Gasteiger partial charge in [0.1, 0.15) is 17.9 Å². The van der Waals surface area contributed by atoms with Gasteiger partial charge in [-0.25, -0.2) is 9.18 Å². The Balaban J connectivity index is 2.14. The van der Waals surface area contributed by atoms with Crippen LogP contribution in [-0.4, -0.2) is 35.3 Å². The molecular weight excluding hydrogens is 313 g/mol. The molecule has 2 N–H and O–H groups in total. The number of rotatable bonds is 6. The van der Waals surface area contributed by atoms with Crippen molar-refractivity contribution in [3.63, 3.8) is 0 Å². The van der Waals surface area contributed by atoms with Crippen LogP contribution in [0.4, 0.5) is 9.18 Å². The molecule has 1 aromatic carbocycles. The Morgan fingerprint density at radius 2 is 2.04 bits per heavy atom. The lowest BCUT2D eigenvalue weighted by Gasteiger charge is -2.22. The van der Waals surface area contributed by atoms with Gasteiger partial charge >= 0.3 is 6.03 Å². The maximum atomic E-state index is 14.0. The molecule has 2 rings (SSSR count). The minimum atomic E-state index is -1.52. The highest BCUT2D eigenvalue weighted by molar-refractivity contribution is 6.09. The van der Waals surface area contributed by atoms with Crippen LogP contribution < -0.4 is 10.6 Å². The molecule has 2 unspecified atom stereocenters. The van der Waals surface area contributed by atoms with E-state index in [4.69, 9.17) is 0 Å². The van der Waals surface area contributed by atoms with Crippen molar-refractivity contribution in [2.75, 3.05) is 6.54 Å². The van der Waals surface area contributed by atoms with E-state index in [0.717, 1.165) is 17.7 Å². The molecular formula is C17H22FN3O3. The molecule has 4 amide bonds. The number of halogens is 1. The van der Waals surface area contributed by atoms with Crippen LogP contribution in [0, 0.1) is 5.82 Å². The molecule has 6 nitrogen and oxygen atoms in total. The van der Waals surface area contributed by atoms with E-state index < -0.39 is 29.2 Å². The zero-order valence-corrected chi connectivity index (χ0v) is 14.1. The zero-order chi connectivity index (χ0) is 17.9. The first-order valence-electron chi connectivity index (χ1n) is 7.98. The van der Waals surface area contributed by atoms with Crippen LogP contribution in [0.5, 0.6) is 0 Å². The van der Waals surface area contributed by atoms with Crippen LogP contribution in [0.2, 0.25) is 0 Å². The largest absolute Gasteiger partial charge is 0.352 e. The molecule has 0 aromatic heterocycles. The van der Waals surface area contributed by atoms with Gasteiger partial charge in [0.25, 0.3) is 5.91 Å². The molecule has 130 valence electrons. The van der Waals surface area contributed by atoms with Gasteiger partial charge in [-0.1, -0.05) is 31.5 Å². The topological polar surface area (TPSA) is 78.5 Å². The number of imide groups is 1. The summed E-state index contributed by atoms with van der Waals surface area (Å²) in [6.45, 7) is 4.91. The first-order valence-corrected chi connectivity index (χ1v) is 7.98. The number of carbonyl (C=O) groups is 3. The number of hydrogen-bond acceptors (Lipinski definition) is 3. The van der Waals surface area contributed by atoms with Crippen LogP contribution in [0.15, 0.2) is 24.3 Å². The molecule has 1 aromatic rings. The van der Waals surface area contributed by atoms with E-state index >= 15 is 0 Å². The van der Waals surface area contributed by atoms with Gasteiger partial charge in [-0.3, -0.25) is 14.5 Å². The van der Waals surface area contributed by atoms with E-state index in [9.17, 15) is 18.8 Å². The van der Waals surface area contributed by atoms with Crippen LogP contribution in [0.1, 0.15) is 39.2 Å². The Morgan fingerprint density at radius 3 is 2.67 bits per heavy atom. The van der Waals surface area contributed by atoms with Crippen molar-refractivity contribution in [1.82, 2.24) is 15.5 Å². The second kappa shape index (κ2) is 6.98. The van der Waals surface area contributed by atoms with E-state index in [1.54, 1.807) is 6.07 Å². The molecule has 0 bridgehead atoms. The van der Waals surface area contributed by atoms with Crippen molar-refractivity contribution in [3.8, 4) is 0 Å². The third-order valence-electron chi connectivity index (χ3n) is 4.12. The molecule has 1 fully saturated rings. The van der Waals surface area contributed by atoms with Crippen molar-refractivity contribution >= 4 is 17.8 Å². The van der Waals surface area contributed by atoms with Crippen LogP contribution in [0.25, 0.3) is 0 Å². The van der Waals surface area contributed by atoms with Gasteiger partial charge in [-0.2, -0.15) is 0 Å². The zero-order valence-electron chi connectivity index (χ0n) is 14.1. The van der Waals surface area contributed by atoms with Crippen molar-refractivity contribution in [2.45, 2.75) is 45.2 Å². The van der Waals surface area contributed by atoms with E-state index in [1.807, 2.05) is 13.8 Å². The highest BCUT2D eigenvalue weighted by Gasteiger charge is 2.50. The monoisotopic (exact) mass is 335 g/mol. The lowest BCUT2D eigenvalue weighted by atomic mass is 9.91. The number of amides is 4. The van der Waals surface area contributed by atoms with Crippen LogP contribution >= 0.6 is 0 Å². The Morgan fingerprint density at radius 1 is 1.38 bits per heavy atom. The number of urea groups is 1. The van der Waals surface area contributed by atoms with E-state index in [1.165, 1.54) is 25.1 Å². The molecule has 1 aliphatic heterocycles. The Hall–Kier alpha value is -2.44. The summed E-state index contributed by atoms with van der Waals surface area (Å²) >= 11 is 0. The average molecular weight is 335 g/mol. The summed E-state index contributed by atoms with van der Waals surface area (Å²) in [5, 5.41) is 5.23. The van der Waals surface area contributed by atoms with Gasteiger partial charge in [-0.05, 0) is 26.3 Å². The number of benzene rings is 1. The highest BCUT2D eigenvalue weighted by Crippen LogP contribution is 2.30. The van der Waals surface area contributed by atoms with Gasteiger partial charge in [0, 0.05) is 11.6 Å². The molecule has 1 heterocycles. The lowest BCUT2D eigenvalue weighted by Crippen LogP contribution is -2.45. The summed E-state index contributed by atoms with van der Waals surface area (Å²) in [5.41, 5.74) is -1.44. The summed E-state index contributed by atoms with van der Waals surface area (Å²) in [6, 6.07) is 5.02. The second-order valence-corrected chi connectivity index (χ2v) is 6.18. The number of carbonyl (C=O) groups excluding carboxylic acids is 3. The molecule has 0 saturated carbocycles. The fourth-order valence-corrected chi connectivity index (χ4v) is 2.86. The van der Waals surface area contributed by atoms with Crippen LogP contribution in [-0.2, 0) is 15.1 Å². The molecule has 1 aliphatic rings. The van der Waals surface area contributed by atoms with E-state index in [2.05, 4.69) is 10.6 Å². The lowest BCUT2D eigenvalue weighted by molar-refractivity contribution is -0.135. The molecule has 0 aliphatic carbocycles. The minimum absolute atomic E-state index is 0.0405. The van der Waals surface area contributed by atoms with Crippen molar-refractivity contribution in [2.24, 2.45) is 0 Å². The molecule has 7 heteroatoms. The van der Waals surface area contributed by atoms with Crippen molar-refractivity contribution < 1.29 is 18.8 Å². The first kappa shape index (κ1) is 17.9. The van der Waals surface area contributed by atoms with Crippen LogP contribution in [0.3, 0.4) is 0 Å². The Kier molecular flexibility index (Phi) is 5.21.